The van der Waals surface area contributed by atoms with Gasteiger partial charge < -0.3 is 20.1 Å². The van der Waals surface area contributed by atoms with Crippen LogP contribution in [-0.4, -0.2) is 69.3 Å². The molecule has 1 saturated carbocycles. The zero-order valence-electron chi connectivity index (χ0n) is 25.9. The number of primary amides is 1. The van der Waals surface area contributed by atoms with Crippen LogP contribution < -0.4 is 10.5 Å². The molecule has 3 atom stereocenters. The molecule has 8 nitrogen and oxygen atoms in total. The first kappa shape index (κ1) is 31.5. The average molecular weight is 601 g/mol. The maximum Gasteiger partial charge on any atom is 0.255 e. The minimum absolute atomic E-state index is 0.0601. The fraction of sp³-hybridized carbons (Fsp3) is 0.429. The molecule has 0 saturated heterocycles. The molecule has 1 aromatic carbocycles. The number of amides is 1. The number of halogens is 1. The number of carbonyl (C=O) groups excluding carboxylic acids is 1. The summed E-state index contributed by atoms with van der Waals surface area (Å²) in [6, 6.07) is 15.1. The topological polar surface area (TPSA) is 111 Å². The molecule has 0 radical (unpaired) electrons. The summed E-state index contributed by atoms with van der Waals surface area (Å²) in [6.07, 6.45) is 9.98. The van der Waals surface area contributed by atoms with Gasteiger partial charge in [0.25, 0.3) is 5.91 Å². The van der Waals surface area contributed by atoms with E-state index >= 15 is 0 Å². The van der Waals surface area contributed by atoms with Crippen LogP contribution >= 0.6 is 0 Å². The summed E-state index contributed by atoms with van der Waals surface area (Å²) in [5.74, 6) is -0.422. The Hall–Kier alpha value is -3.95. The number of benzene rings is 1. The molecule has 0 bridgehead atoms. The van der Waals surface area contributed by atoms with Crippen molar-refractivity contribution in [3.05, 3.63) is 84.2 Å². The van der Waals surface area contributed by atoms with Crippen LogP contribution in [0, 0.1) is 11.7 Å². The second kappa shape index (κ2) is 13.4. The van der Waals surface area contributed by atoms with E-state index in [9.17, 15) is 14.3 Å². The largest absolute Gasteiger partial charge is 0.471 e. The lowest BCUT2D eigenvalue weighted by molar-refractivity contribution is -0.922. The lowest BCUT2D eigenvalue weighted by Gasteiger charge is -2.49. The molecule has 1 aliphatic rings. The number of nitrogens with zero attached hydrogens (tertiary/aromatic N) is 4. The highest BCUT2D eigenvalue weighted by Gasteiger charge is 2.54. The number of aliphatic hydroxyl groups is 1. The standard InChI is InChI=1S/C35H42FN5O3/c1-4-5-9-29-19-26-8-6-7-10-30(26)33(40-29)44-16-15-41(2,3)32-14-12-24(20-35(32,43)34(37)42)17-25-11-13-31(39-21-25)27-18-28(36)23-38-22-27/h6-8,10-11,13,18-19,21-24,32,43H,4-5,9,12,14-17,20H2,1-3H3,(H-,37,42)/p+1/t24?,32-,35-/m0/s1. The monoisotopic (exact) mass is 600 g/mol. The highest BCUT2D eigenvalue weighted by atomic mass is 19.1. The second-order valence-electron chi connectivity index (χ2n) is 12.7. The van der Waals surface area contributed by atoms with E-state index in [1.165, 1.54) is 6.07 Å². The van der Waals surface area contributed by atoms with Crippen LogP contribution in [0.3, 0.4) is 0 Å². The molecule has 232 valence electrons. The van der Waals surface area contributed by atoms with Gasteiger partial charge in [-0.15, -0.1) is 0 Å². The van der Waals surface area contributed by atoms with Crippen LogP contribution in [0.4, 0.5) is 4.39 Å². The Balaban J connectivity index is 1.24. The normalized spacial score (nSPS) is 20.5. The molecule has 3 N–H and O–H groups in total. The minimum Gasteiger partial charge on any atom is -0.471 e. The summed E-state index contributed by atoms with van der Waals surface area (Å²) in [5, 5.41) is 13.9. The minimum atomic E-state index is -1.65. The van der Waals surface area contributed by atoms with Gasteiger partial charge in [-0.1, -0.05) is 37.6 Å². The maximum atomic E-state index is 13.6. The van der Waals surface area contributed by atoms with Crippen molar-refractivity contribution in [2.75, 3.05) is 27.2 Å². The molecule has 3 heterocycles. The van der Waals surface area contributed by atoms with Crippen LogP contribution in [0.1, 0.15) is 50.3 Å². The smallest absolute Gasteiger partial charge is 0.255 e. The third kappa shape index (κ3) is 7.05. The quantitative estimate of drug-likeness (QED) is 0.215. The van der Waals surface area contributed by atoms with Gasteiger partial charge in [-0.25, -0.2) is 9.37 Å². The molecule has 9 heteroatoms. The van der Waals surface area contributed by atoms with Crippen LogP contribution in [0.15, 0.2) is 67.1 Å². The van der Waals surface area contributed by atoms with Crippen molar-refractivity contribution in [3.63, 3.8) is 0 Å². The van der Waals surface area contributed by atoms with Gasteiger partial charge in [0.15, 0.2) is 5.60 Å². The molecule has 1 amide bonds. The summed E-state index contributed by atoms with van der Waals surface area (Å²) in [6.45, 7) is 3.12. The summed E-state index contributed by atoms with van der Waals surface area (Å²) in [5.41, 5.74) is 7.48. The van der Waals surface area contributed by atoms with Gasteiger partial charge in [0, 0.05) is 35.5 Å². The van der Waals surface area contributed by atoms with Gasteiger partial charge in [0.1, 0.15) is 25.0 Å². The van der Waals surface area contributed by atoms with Gasteiger partial charge in [0.05, 0.1) is 26.0 Å². The summed E-state index contributed by atoms with van der Waals surface area (Å²) in [7, 11) is 4.05. The van der Waals surface area contributed by atoms with Crippen LogP contribution in [0.2, 0.25) is 0 Å². The highest BCUT2D eigenvalue weighted by molar-refractivity contribution is 5.87. The van der Waals surface area contributed by atoms with E-state index in [0.717, 1.165) is 53.9 Å². The first-order chi connectivity index (χ1) is 21.1. The van der Waals surface area contributed by atoms with E-state index in [0.29, 0.717) is 47.6 Å². The number of ether oxygens (including phenoxy) is 1. The Labute approximate surface area is 258 Å². The number of nitrogens with two attached hydrogens (primary N) is 1. The first-order valence-electron chi connectivity index (χ1n) is 15.5. The number of likely N-dealkylation sites (N-methyl/N-ethyl adjacent to an activating group) is 1. The van der Waals surface area contributed by atoms with Crippen LogP contribution in [0.25, 0.3) is 22.0 Å². The molecule has 0 spiro atoms. The van der Waals surface area contributed by atoms with Gasteiger partial charge in [-0.3, -0.25) is 14.8 Å². The SMILES string of the molecule is CCCCc1cc2ccccc2c(OCC[N+](C)(C)[C@H]2CCC(Cc3ccc(-c4cncc(F)c4)nc3)C[C@@]2(O)C(N)=O)n1. The van der Waals surface area contributed by atoms with E-state index in [-0.39, 0.29) is 18.4 Å². The van der Waals surface area contributed by atoms with Crippen molar-refractivity contribution in [2.45, 2.75) is 63.5 Å². The van der Waals surface area contributed by atoms with Crippen molar-refractivity contribution < 1.29 is 23.5 Å². The molecule has 1 unspecified atom stereocenters. The number of carbonyl (C=O) groups is 1. The van der Waals surface area contributed by atoms with Gasteiger partial charge in [-0.2, -0.15) is 0 Å². The van der Waals surface area contributed by atoms with Crippen molar-refractivity contribution in [1.82, 2.24) is 15.0 Å². The number of pyridine rings is 3. The zero-order valence-corrected chi connectivity index (χ0v) is 25.9. The van der Waals surface area contributed by atoms with Gasteiger partial charge in [-0.05, 0) is 73.2 Å². The molecule has 5 rings (SSSR count). The Morgan fingerprint density at radius 3 is 2.68 bits per heavy atom. The van der Waals surface area contributed by atoms with Gasteiger partial charge >= 0.3 is 0 Å². The molecule has 1 aliphatic carbocycles. The number of unbranched alkanes of at least 4 members (excludes halogenated alkanes) is 1. The molecule has 3 aromatic heterocycles. The van der Waals surface area contributed by atoms with Crippen LogP contribution in [-0.2, 0) is 17.6 Å². The van der Waals surface area contributed by atoms with E-state index < -0.39 is 17.3 Å². The summed E-state index contributed by atoms with van der Waals surface area (Å²) >= 11 is 0. The summed E-state index contributed by atoms with van der Waals surface area (Å²) < 4.78 is 20.3. The number of fused-ring (bicyclic) bond motifs is 1. The predicted molar refractivity (Wildman–Crippen MR) is 169 cm³/mol. The number of rotatable bonds is 12. The fourth-order valence-corrected chi connectivity index (χ4v) is 6.63. The number of aromatic nitrogens is 3. The van der Waals surface area contributed by atoms with E-state index in [1.54, 1.807) is 12.4 Å². The predicted octanol–water partition coefficient (Wildman–Crippen LogP) is 5.26. The third-order valence-electron chi connectivity index (χ3n) is 9.07. The number of hydrogen-bond donors (Lipinski definition) is 2. The Kier molecular flexibility index (Phi) is 9.56. The second-order valence-corrected chi connectivity index (χ2v) is 12.7. The maximum absolute atomic E-state index is 13.6. The molecule has 44 heavy (non-hydrogen) atoms. The molecular formula is C35H43FN5O3+. The van der Waals surface area contributed by atoms with Crippen molar-refractivity contribution in [1.29, 1.82) is 0 Å². The van der Waals surface area contributed by atoms with Crippen molar-refractivity contribution >= 4 is 16.7 Å². The number of hydrogen-bond acceptors (Lipinski definition) is 6. The Morgan fingerprint density at radius 1 is 1.14 bits per heavy atom. The molecule has 1 fully saturated rings. The van der Waals surface area contributed by atoms with E-state index in [1.807, 2.05) is 44.4 Å². The molecular weight excluding hydrogens is 557 g/mol. The number of quaternary nitrogens is 1. The number of aryl methyl sites for hydroxylation is 1. The lowest BCUT2D eigenvalue weighted by atomic mass is 9.71. The third-order valence-corrected chi connectivity index (χ3v) is 9.07. The lowest BCUT2D eigenvalue weighted by Crippen LogP contribution is -2.68. The van der Waals surface area contributed by atoms with E-state index in [2.05, 4.69) is 29.0 Å². The van der Waals surface area contributed by atoms with E-state index in [4.69, 9.17) is 15.5 Å². The zero-order chi connectivity index (χ0) is 31.3. The van der Waals surface area contributed by atoms with Crippen LogP contribution in [0.5, 0.6) is 5.88 Å². The Morgan fingerprint density at radius 2 is 1.95 bits per heavy atom. The summed E-state index contributed by atoms with van der Waals surface area (Å²) in [4.78, 5) is 26.0. The van der Waals surface area contributed by atoms with Crippen molar-refractivity contribution in [3.8, 4) is 17.1 Å². The molecule has 0 aliphatic heterocycles. The van der Waals surface area contributed by atoms with Crippen molar-refractivity contribution in [2.24, 2.45) is 11.7 Å². The molecule has 4 aromatic rings. The Bertz CT molecular complexity index is 1600. The first-order valence-corrected chi connectivity index (χ1v) is 15.5. The van der Waals surface area contributed by atoms with Gasteiger partial charge in [0.2, 0.25) is 5.88 Å². The fourth-order valence-electron chi connectivity index (χ4n) is 6.63. The highest BCUT2D eigenvalue weighted by Crippen LogP contribution is 2.39. The average Bonchev–Trinajstić information content (AvgIpc) is 3.00.